The van der Waals surface area contributed by atoms with E-state index in [2.05, 4.69) is 17.2 Å². The Morgan fingerprint density at radius 1 is 1.33 bits per heavy atom. The van der Waals surface area contributed by atoms with Gasteiger partial charge in [-0.25, -0.2) is 9.48 Å². The van der Waals surface area contributed by atoms with E-state index in [1.165, 1.54) is 0 Å². The Hall–Kier alpha value is -1.43. The molecule has 6 nitrogen and oxygen atoms in total. The fraction of sp³-hybridized carbons (Fsp3) is 0.750. The lowest BCUT2D eigenvalue weighted by molar-refractivity contribution is 0.0380. The van der Waals surface area contributed by atoms with Crippen LogP contribution in [-0.4, -0.2) is 41.3 Å². The van der Waals surface area contributed by atoms with E-state index in [0.29, 0.717) is 12.3 Å². The molecule has 1 aromatic heterocycles. The molecular formula is C12H21N3O3. The summed E-state index contributed by atoms with van der Waals surface area (Å²) in [5.74, 6) is -0.439. The van der Waals surface area contributed by atoms with Crippen LogP contribution < -0.4 is 0 Å². The summed E-state index contributed by atoms with van der Waals surface area (Å²) in [7, 11) is 1.56. The van der Waals surface area contributed by atoms with Crippen molar-refractivity contribution in [2.45, 2.75) is 39.7 Å². The second-order valence-corrected chi connectivity index (χ2v) is 4.08. The molecule has 0 aromatic carbocycles. The molecule has 0 atom stereocenters. The van der Waals surface area contributed by atoms with Crippen LogP contribution in [0.2, 0.25) is 0 Å². The number of hydrogen-bond acceptors (Lipinski definition) is 5. The molecule has 0 aliphatic carbocycles. The lowest BCUT2D eigenvalue weighted by atomic mass is 10.2. The summed E-state index contributed by atoms with van der Waals surface area (Å²) in [6, 6.07) is 0. The van der Waals surface area contributed by atoms with Gasteiger partial charge in [-0.3, -0.25) is 0 Å². The Morgan fingerprint density at radius 2 is 2.11 bits per heavy atom. The van der Waals surface area contributed by atoms with Crippen LogP contribution in [0.3, 0.4) is 0 Å². The van der Waals surface area contributed by atoms with Crippen molar-refractivity contribution in [2.24, 2.45) is 0 Å². The van der Waals surface area contributed by atoms with Crippen molar-refractivity contribution in [1.82, 2.24) is 15.0 Å². The predicted molar refractivity (Wildman–Crippen MR) is 66.4 cm³/mol. The van der Waals surface area contributed by atoms with Crippen LogP contribution in [0.4, 0.5) is 0 Å². The highest BCUT2D eigenvalue weighted by Crippen LogP contribution is 2.07. The number of methoxy groups -OCH3 is 1. The van der Waals surface area contributed by atoms with Crippen LogP contribution in [0.15, 0.2) is 0 Å². The van der Waals surface area contributed by atoms with Gasteiger partial charge in [0, 0.05) is 13.7 Å². The maximum Gasteiger partial charge on any atom is 0.360 e. The van der Waals surface area contributed by atoms with Crippen LogP contribution in [0.25, 0.3) is 0 Å². The Labute approximate surface area is 107 Å². The number of ether oxygens (including phenoxy) is 2. The third kappa shape index (κ3) is 4.10. The first-order valence-corrected chi connectivity index (χ1v) is 6.26. The van der Waals surface area contributed by atoms with Crippen LogP contribution in [0.1, 0.15) is 42.4 Å². The minimum atomic E-state index is -0.439. The normalized spacial score (nSPS) is 10.6. The lowest BCUT2D eigenvalue weighted by Crippen LogP contribution is -2.12. The van der Waals surface area contributed by atoms with Crippen molar-refractivity contribution in [1.29, 1.82) is 0 Å². The molecular weight excluding hydrogens is 234 g/mol. The summed E-state index contributed by atoms with van der Waals surface area (Å²) < 4.78 is 11.6. The predicted octanol–water partition coefficient (Wildman–Crippen LogP) is 1.58. The minimum absolute atomic E-state index is 0.234. The van der Waals surface area contributed by atoms with E-state index in [-0.39, 0.29) is 6.61 Å². The molecule has 0 saturated carbocycles. The van der Waals surface area contributed by atoms with E-state index in [1.54, 1.807) is 11.8 Å². The summed E-state index contributed by atoms with van der Waals surface area (Å²) in [5, 5.41) is 7.84. The topological polar surface area (TPSA) is 66.2 Å². The van der Waals surface area contributed by atoms with E-state index >= 15 is 0 Å². The number of esters is 1. The summed E-state index contributed by atoms with van der Waals surface area (Å²) >= 11 is 0. The molecule has 0 fully saturated rings. The second kappa shape index (κ2) is 7.81. The number of aromatic nitrogens is 3. The quantitative estimate of drug-likeness (QED) is 0.521. The van der Waals surface area contributed by atoms with Gasteiger partial charge < -0.3 is 9.47 Å². The second-order valence-electron chi connectivity index (χ2n) is 4.08. The SMILES string of the molecule is CCCCCn1nnc(C(=O)OCCOC)c1C. The largest absolute Gasteiger partial charge is 0.458 e. The highest BCUT2D eigenvalue weighted by Gasteiger charge is 2.17. The molecule has 0 saturated heterocycles. The third-order valence-corrected chi connectivity index (χ3v) is 2.67. The average Bonchev–Trinajstić information content (AvgIpc) is 2.72. The molecule has 1 heterocycles. The summed E-state index contributed by atoms with van der Waals surface area (Å²) in [5.41, 5.74) is 1.05. The molecule has 0 amide bonds. The van der Waals surface area contributed by atoms with Gasteiger partial charge >= 0.3 is 5.97 Å². The van der Waals surface area contributed by atoms with Crippen molar-refractivity contribution in [3.05, 3.63) is 11.4 Å². The molecule has 1 aromatic rings. The third-order valence-electron chi connectivity index (χ3n) is 2.67. The van der Waals surface area contributed by atoms with Gasteiger partial charge in [0.1, 0.15) is 6.61 Å². The smallest absolute Gasteiger partial charge is 0.360 e. The van der Waals surface area contributed by atoms with Crippen molar-refractivity contribution in [3.63, 3.8) is 0 Å². The maximum atomic E-state index is 11.7. The first-order chi connectivity index (χ1) is 8.70. The maximum absolute atomic E-state index is 11.7. The molecule has 18 heavy (non-hydrogen) atoms. The molecule has 0 unspecified atom stereocenters. The fourth-order valence-corrected chi connectivity index (χ4v) is 1.56. The Balaban J connectivity index is 2.53. The van der Waals surface area contributed by atoms with Gasteiger partial charge in [-0.15, -0.1) is 5.10 Å². The number of hydrogen-bond donors (Lipinski definition) is 0. The molecule has 0 bridgehead atoms. The van der Waals surface area contributed by atoms with Gasteiger partial charge in [-0.2, -0.15) is 0 Å². The molecule has 102 valence electrons. The number of carbonyl (C=O) groups excluding carboxylic acids is 1. The van der Waals surface area contributed by atoms with Crippen molar-refractivity contribution in [2.75, 3.05) is 20.3 Å². The number of unbranched alkanes of at least 4 members (excludes halogenated alkanes) is 2. The van der Waals surface area contributed by atoms with Crippen molar-refractivity contribution in [3.8, 4) is 0 Å². The van der Waals surface area contributed by atoms with E-state index in [1.807, 2.05) is 6.92 Å². The zero-order chi connectivity index (χ0) is 13.4. The van der Waals surface area contributed by atoms with Gasteiger partial charge in [0.2, 0.25) is 0 Å². The van der Waals surface area contributed by atoms with Crippen molar-refractivity contribution >= 4 is 5.97 Å². The van der Waals surface area contributed by atoms with Crippen LogP contribution in [-0.2, 0) is 16.0 Å². The average molecular weight is 255 g/mol. The van der Waals surface area contributed by atoms with Crippen LogP contribution >= 0.6 is 0 Å². The molecule has 0 spiro atoms. The summed E-state index contributed by atoms with van der Waals surface area (Å²) in [6.07, 6.45) is 3.34. The van der Waals surface area contributed by atoms with Gasteiger partial charge in [0.15, 0.2) is 5.69 Å². The molecule has 6 heteroatoms. The summed E-state index contributed by atoms with van der Waals surface area (Å²) in [6.45, 7) is 5.39. The highest BCUT2D eigenvalue weighted by atomic mass is 16.6. The molecule has 0 N–H and O–H groups in total. The highest BCUT2D eigenvalue weighted by molar-refractivity contribution is 5.88. The van der Waals surface area contributed by atoms with Crippen LogP contribution in [0, 0.1) is 6.92 Å². The number of aryl methyl sites for hydroxylation is 1. The van der Waals surface area contributed by atoms with Gasteiger partial charge in [-0.05, 0) is 13.3 Å². The zero-order valence-corrected chi connectivity index (χ0v) is 11.3. The molecule has 1 rings (SSSR count). The summed E-state index contributed by atoms with van der Waals surface area (Å²) in [4.78, 5) is 11.7. The van der Waals surface area contributed by atoms with E-state index in [0.717, 1.165) is 31.5 Å². The number of rotatable bonds is 8. The fourth-order valence-electron chi connectivity index (χ4n) is 1.56. The van der Waals surface area contributed by atoms with E-state index < -0.39 is 5.97 Å². The zero-order valence-electron chi connectivity index (χ0n) is 11.3. The molecule has 0 aliphatic rings. The monoisotopic (exact) mass is 255 g/mol. The van der Waals surface area contributed by atoms with Gasteiger partial charge in [0.05, 0.1) is 12.3 Å². The number of nitrogens with zero attached hydrogens (tertiary/aromatic N) is 3. The number of carbonyl (C=O) groups is 1. The Kier molecular flexibility index (Phi) is 6.35. The van der Waals surface area contributed by atoms with Crippen molar-refractivity contribution < 1.29 is 14.3 Å². The van der Waals surface area contributed by atoms with E-state index in [4.69, 9.17) is 9.47 Å². The minimum Gasteiger partial charge on any atom is -0.458 e. The Morgan fingerprint density at radius 3 is 2.78 bits per heavy atom. The van der Waals surface area contributed by atoms with Gasteiger partial charge in [0.25, 0.3) is 0 Å². The lowest BCUT2D eigenvalue weighted by Gasteiger charge is -2.04. The first kappa shape index (κ1) is 14.6. The van der Waals surface area contributed by atoms with E-state index in [9.17, 15) is 4.79 Å². The standard InChI is InChI=1S/C12H21N3O3/c1-4-5-6-7-15-10(2)11(13-14-15)12(16)18-9-8-17-3/h4-9H2,1-3H3. The van der Waals surface area contributed by atoms with Gasteiger partial charge in [-0.1, -0.05) is 25.0 Å². The molecule has 0 radical (unpaired) electrons. The molecule has 0 aliphatic heterocycles. The Bertz CT molecular complexity index is 377. The van der Waals surface area contributed by atoms with Crippen LogP contribution in [0.5, 0.6) is 0 Å². The first-order valence-electron chi connectivity index (χ1n) is 6.26.